The molecule has 0 spiro atoms. The molecule has 0 radical (unpaired) electrons. The molecule has 7 nitrogen and oxygen atoms in total. The van der Waals surface area contributed by atoms with Crippen LogP contribution in [-0.4, -0.2) is 21.9 Å². The van der Waals surface area contributed by atoms with Gasteiger partial charge in [0.15, 0.2) is 11.2 Å². The fourth-order valence-corrected chi connectivity index (χ4v) is 2.93. The molecule has 0 fully saturated rings. The summed E-state index contributed by atoms with van der Waals surface area (Å²) in [4.78, 5) is 27.0. The second-order valence-corrected chi connectivity index (χ2v) is 6.27. The van der Waals surface area contributed by atoms with Gasteiger partial charge in [0.25, 0.3) is 11.6 Å². The monoisotopic (exact) mass is 369 g/mol. The van der Waals surface area contributed by atoms with E-state index in [1.807, 2.05) is 18.2 Å². The zero-order chi connectivity index (χ0) is 18.5. The number of nitro groups is 1. The second-order valence-electron chi connectivity index (χ2n) is 5.41. The highest BCUT2D eigenvalue weighted by atomic mass is 32.1. The lowest BCUT2D eigenvalue weighted by atomic mass is 10.1. The molecule has 0 saturated heterocycles. The minimum Gasteiger partial charge on any atom is -0.481 e. The molecule has 1 amide bonds. The number of amides is 1. The second kappa shape index (κ2) is 7.75. The number of non-ortho nitro benzene ring substituents is 1. The van der Waals surface area contributed by atoms with Crippen LogP contribution in [0.4, 0.5) is 10.8 Å². The van der Waals surface area contributed by atoms with Crippen molar-refractivity contribution in [3.8, 4) is 17.0 Å². The molecule has 2 aromatic carbocycles. The maximum atomic E-state index is 12.2. The Balaban J connectivity index is 1.67. The summed E-state index contributed by atoms with van der Waals surface area (Å²) in [7, 11) is 0. The summed E-state index contributed by atoms with van der Waals surface area (Å²) in [5.41, 5.74) is 1.17. The van der Waals surface area contributed by atoms with Crippen molar-refractivity contribution in [3.63, 3.8) is 0 Å². The highest BCUT2D eigenvalue weighted by Crippen LogP contribution is 2.27. The van der Waals surface area contributed by atoms with E-state index in [1.54, 1.807) is 36.6 Å². The van der Waals surface area contributed by atoms with Crippen LogP contribution in [0.5, 0.6) is 5.75 Å². The number of anilines is 1. The number of nitrogens with zero attached hydrogens (tertiary/aromatic N) is 2. The number of rotatable bonds is 6. The van der Waals surface area contributed by atoms with Gasteiger partial charge < -0.3 is 4.74 Å². The van der Waals surface area contributed by atoms with E-state index in [-0.39, 0.29) is 11.6 Å². The van der Waals surface area contributed by atoms with E-state index in [0.717, 1.165) is 0 Å². The predicted octanol–water partition coefficient (Wildman–Crippen LogP) is 4.12. The number of aromatic nitrogens is 1. The Labute approximate surface area is 153 Å². The average Bonchev–Trinajstić information content (AvgIpc) is 3.11. The fraction of sp³-hybridized carbons (Fsp3) is 0.111. The molecule has 3 aromatic rings. The Bertz CT molecular complexity index is 927. The Morgan fingerprint density at radius 2 is 2.00 bits per heavy atom. The molecule has 0 aliphatic heterocycles. The van der Waals surface area contributed by atoms with Crippen LogP contribution >= 0.6 is 11.3 Å². The number of nitro benzene ring substituents is 1. The van der Waals surface area contributed by atoms with E-state index < -0.39 is 11.0 Å². The van der Waals surface area contributed by atoms with Crippen molar-refractivity contribution in [1.29, 1.82) is 0 Å². The summed E-state index contributed by atoms with van der Waals surface area (Å²) in [5, 5.41) is 15.7. The summed E-state index contributed by atoms with van der Waals surface area (Å²) in [6.07, 6.45) is -0.692. The lowest BCUT2D eigenvalue weighted by Gasteiger charge is -2.13. The van der Waals surface area contributed by atoms with Crippen LogP contribution < -0.4 is 10.1 Å². The van der Waals surface area contributed by atoms with Crippen molar-refractivity contribution in [3.05, 3.63) is 70.1 Å². The van der Waals surface area contributed by atoms with Crippen molar-refractivity contribution < 1.29 is 14.5 Å². The van der Waals surface area contributed by atoms with Gasteiger partial charge >= 0.3 is 0 Å². The molecule has 0 bridgehead atoms. The smallest absolute Gasteiger partial charge is 0.270 e. The first-order chi connectivity index (χ1) is 12.5. The molecule has 1 aromatic heterocycles. The van der Waals surface area contributed by atoms with Crippen molar-refractivity contribution in [1.82, 2.24) is 4.98 Å². The number of ether oxygens (including phenoxy) is 1. The summed E-state index contributed by atoms with van der Waals surface area (Å²) < 4.78 is 5.57. The van der Waals surface area contributed by atoms with Crippen LogP contribution in [0.2, 0.25) is 0 Å². The van der Waals surface area contributed by atoms with E-state index in [1.165, 1.54) is 23.5 Å². The number of carbonyl (C=O) groups is 1. The lowest BCUT2D eigenvalue weighted by Crippen LogP contribution is -2.30. The van der Waals surface area contributed by atoms with Crippen molar-refractivity contribution >= 4 is 28.1 Å². The minimum atomic E-state index is -0.692. The molecule has 0 aliphatic rings. The molecule has 26 heavy (non-hydrogen) atoms. The zero-order valence-corrected chi connectivity index (χ0v) is 14.6. The molecular weight excluding hydrogens is 354 g/mol. The van der Waals surface area contributed by atoms with Crippen LogP contribution in [-0.2, 0) is 4.79 Å². The molecular formula is C18H15N3O4S. The van der Waals surface area contributed by atoms with Crippen LogP contribution in [0.3, 0.4) is 0 Å². The summed E-state index contributed by atoms with van der Waals surface area (Å²) in [6, 6.07) is 15.3. The molecule has 8 heteroatoms. The van der Waals surface area contributed by atoms with Crippen molar-refractivity contribution in [2.24, 2.45) is 0 Å². The average molecular weight is 369 g/mol. The third-order valence-corrected chi connectivity index (χ3v) is 4.27. The van der Waals surface area contributed by atoms with Gasteiger partial charge in [-0.1, -0.05) is 30.3 Å². The van der Waals surface area contributed by atoms with Gasteiger partial charge in [-0.2, -0.15) is 0 Å². The molecule has 3 rings (SSSR count). The van der Waals surface area contributed by atoms with Gasteiger partial charge in [-0.15, -0.1) is 11.3 Å². The van der Waals surface area contributed by atoms with Gasteiger partial charge in [-0.05, 0) is 19.1 Å². The number of carbonyl (C=O) groups excluding carboxylic acids is 1. The SMILES string of the molecule is CC(Oc1ccccc1)C(=O)Nc1nc(-c2cccc([N+](=O)[O-])c2)cs1. The normalized spacial score (nSPS) is 11.6. The number of nitrogens with one attached hydrogen (secondary N) is 1. The highest BCUT2D eigenvalue weighted by molar-refractivity contribution is 7.14. The Morgan fingerprint density at radius 3 is 2.73 bits per heavy atom. The predicted molar refractivity (Wildman–Crippen MR) is 99.4 cm³/mol. The number of benzene rings is 2. The number of hydrogen-bond donors (Lipinski definition) is 1. The molecule has 0 saturated carbocycles. The van der Waals surface area contributed by atoms with E-state index in [4.69, 9.17) is 4.74 Å². The van der Waals surface area contributed by atoms with Gasteiger partial charge in [-0.3, -0.25) is 20.2 Å². The third kappa shape index (κ3) is 4.22. The Hall–Kier alpha value is -3.26. The standard InChI is InChI=1S/C18H15N3O4S/c1-12(25-15-8-3-2-4-9-15)17(22)20-18-19-16(11-26-18)13-6-5-7-14(10-13)21(23)24/h2-12H,1H3,(H,19,20,22). The fourth-order valence-electron chi connectivity index (χ4n) is 2.21. The van der Waals surface area contributed by atoms with Crippen LogP contribution in [0.1, 0.15) is 6.92 Å². The third-order valence-electron chi connectivity index (χ3n) is 3.51. The van der Waals surface area contributed by atoms with Crippen molar-refractivity contribution in [2.45, 2.75) is 13.0 Å². The van der Waals surface area contributed by atoms with Gasteiger partial charge in [0, 0.05) is 23.1 Å². The number of thiazole rings is 1. The maximum Gasteiger partial charge on any atom is 0.270 e. The first kappa shape index (κ1) is 17.6. The minimum absolute atomic E-state index is 0.00836. The van der Waals surface area contributed by atoms with E-state index in [0.29, 0.717) is 22.1 Å². The number of para-hydroxylation sites is 1. The van der Waals surface area contributed by atoms with Gasteiger partial charge in [-0.25, -0.2) is 4.98 Å². The molecule has 0 aliphatic carbocycles. The van der Waals surface area contributed by atoms with Crippen LogP contribution in [0, 0.1) is 10.1 Å². The van der Waals surface area contributed by atoms with Crippen LogP contribution in [0.15, 0.2) is 60.0 Å². The Kier molecular flexibility index (Phi) is 5.23. The maximum absolute atomic E-state index is 12.2. The molecule has 132 valence electrons. The van der Waals surface area contributed by atoms with E-state index in [9.17, 15) is 14.9 Å². The zero-order valence-electron chi connectivity index (χ0n) is 13.8. The molecule has 1 atom stereocenters. The first-order valence-corrected chi connectivity index (χ1v) is 8.64. The molecule has 1 heterocycles. The lowest BCUT2D eigenvalue weighted by molar-refractivity contribution is -0.384. The Morgan fingerprint density at radius 1 is 1.23 bits per heavy atom. The highest BCUT2D eigenvalue weighted by Gasteiger charge is 2.17. The summed E-state index contributed by atoms with van der Waals surface area (Å²) in [5.74, 6) is 0.278. The van der Waals surface area contributed by atoms with Crippen LogP contribution in [0.25, 0.3) is 11.3 Å². The molecule has 1 N–H and O–H groups in total. The van der Waals surface area contributed by atoms with Gasteiger partial charge in [0.2, 0.25) is 0 Å². The van der Waals surface area contributed by atoms with E-state index in [2.05, 4.69) is 10.3 Å². The largest absolute Gasteiger partial charge is 0.481 e. The molecule has 1 unspecified atom stereocenters. The quantitative estimate of drug-likeness (QED) is 0.521. The van der Waals surface area contributed by atoms with Gasteiger partial charge in [0.05, 0.1) is 10.6 Å². The van der Waals surface area contributed by atoms with E-state index >= 15 is 0 Å². The number of hydrogen-bond acceptors (Lipinski definition) is 6. The van der Waals surface area contributed by atoms with Crippen molar-refractivity contribution in [2.75, 3.05) is 5.32 Å². The first-order valence-electron chi connectivity index (χ1n) is 7.76. The topological polar surface area (TPSA) is 94.4 Å². The summed E-state index contributed by atoms with van der Waals surface area (Å²) in [6.45, 7) is 1.65. The summed E-state index contributed by atoms with van der Waals surface area (Å²) >= 11 is 1.24. The van der Waals surface area contributed by atoms with Gasteiger partial charge in [0.1, 0.15) is 5.75 Å².